The lowest BCUT2D eigenvalue weighted by Gasteiger charge is -2.08. The molecular formula is C18H20N4O. The van der Waals surface area contributed by atoms with Crippen molar-refractivity contribution in [3.05, 3.63) is 58.8 Å². The number of rotatable bonds is 3. The molecule has 0 spiro atoms. The smallest absolute Gasteiger partial charge is 0.268 e. The maximum absolute atomic E-state index is 12.5. The Morgan fingerprint density at radius 1 is 1.13 bits per heavy atom. The molecular weight excluding hydrogens is 288 g/mol. The summed E-state index contributed by atoms with van der Waals surface area (Å²) >= 11 is 0. The van der Waals surface area contributed by atoms with Gasteiger partial charge in [-0.25, -0.2) is 9.97 Å². The van der Waals surface area contributed by atoms with Gasteiger partial charge in [-0.3, -0.25) is 4.79 Å². The van der Waals surface area contributed by atoms with Crippen LogP contribution in [0.3, 0.4) is 0 Å². The predicted molar refractivity (Wildman–Crippen MR) is 90.3 cm³/mol. The summed E-state index contributed by atoms with van der Waals surface area (Å²) in [5.74, 6) is 0.511. The number of amides is 1. The average Bonchev–Trinajstić information content (AvgIpc) is 2.82. The molecule has 0 unspecified atom stereocenters. The van der Waals surface area contributed by atoms with Gasteiger partial charge in [-0.15, -0.1) is 0 Å². The molecule has 0 radical (unpaired) electrons. The SMILES string of the molecule is Cc1cc(C)nc(CNC(=O)c2cc3cccc(C)c3n2C)n1. The number of hydrogen-bond donors (Lipinski definition) is 1. The quantitative estimate of drug-likeness (QED) is 0.809. The van der Waals surface area contributed by atoms with Gasteiger partial charge < -0.3 is 9.88 Å². The van der Waals surface area contributed by atoms with Crippen molar-refractivity contribution in [1.29, 1.82) is 0 Å². The Balaban J connectivity index is 1.84. The Labute approximate surface area is 135 Å². The van der Waals surface area contributed by atoms with Crippen molar-refractivity contribution in [3.8, 4) is 0 Å². The highest BCUT2D eigenvalue weighted by atomic mass is 16.1. The maximum atomic E-state index is 12.5. The van der Waals surface area contributed by atoms with E-state index in [9.17, 15) is 4.79 Å². The normalized spacial score (nSPS) is 11.0. The van der Waals surface area contributed by atoms with Crippen LogP contribution in [0.5, 0.6) is 0 Å². The van der Waals surface area contributed by atoms with E-state index in [1.54, 1.807) is 0 Å². The van der Waals surface area contributed by atoms with Crippen LogP contribution in [0.15, 0.2) is 30.3 Å². The molecule has 0 saturated carbocycles. The van der Waals surface area contributed by atoms with Crippen molar-refractivity contribution in [2.45, 2.75) is 27.3 Å². The van der Waals surface area contributed by atoms with Crippen molar-refractivity contribution in [1.82, 2.24) is 19.9 Å². The second-order valence-electron chi connectivity index (χ2n) is 5.85. The molecule has 118 valence electrons. The minimum absolute atomic E-state index is 0.120. The van der Waals surface area contributed by atoms with Gasteiger partial charge in [0.1, 0.15) is 11.5 Å². The summed E-state index contributed by atoms with van der Waals surface area (Å²) in [6, 6.07) is 9.90. The number of nitrogens with one attached hydrogen (secondary N) is 1. The van der Waals surface area contributed by atoms with Gasteiger partial charge in [0.25, 0.3) is 5.91 Å². The van der Waals surface area contributed by atoms with Gasteiger partial charge in [0.05, 0.1) is 12.1 Å². The number of nitrogens with zero attached hydrogens (tertiary/aromatic N) is 3. The highest BCUT2D eigenvalue weighted by Crippen LogP contribution is 2.22. The van der Waals surface area contributed by atoms with E-state index in [1.807, 2.05) is 62.7 Å². The molecule has 2 heterocycles. The van der Waals surface area contributed by atoms with Crippen molar-refractivity contribution in [2.24, 2.45) is 7.05 Å². The molecule has 5 nitrogen and oxygen atoms in total. The molecule has 0 fully saturated rings. The zero-order chi connectivity index (χ0) is 16.6. The first-order chi connectivity index (χ1) is 11.0. The highest BCUT2D eigenvalue weighted by molar-refractivity contribution is 5.99. The van der Waals surface area contributed by atoms with Gasteiger partial charge in [-0.2, -0.15) is 0 Å². The summed E-state index contributed by atoms with van der Waals surface area (Å²) in [5.41, 5.74) is 4.68. The fourth-order valence-electron chi connectivity index (χ4n) is 2.97. The average molecular weight is 308 g/mol. The van der Waals surface area contributed by atoms with Gasteiger partial charge in [-0.05, 0) is 38.5 Å². The number of aromatic nitrogens is 3. The number of benzene rings is 1. The highest BCUT2D eigenvalue weighted by Gasteiger charge is 2.14. The minimum Gasteiger partial charge on any atom is -0.343 e. The lowest BCUT2D eigenvalue weighted by atomic mass is 10.2. The van der Waals surface area contributed by atoms with Gasteiger partial charge in [0, 0.05) is 23.8 Å². The molecule has 1 amide bonds. The molecule has 5 heteroatoms. The summed E-state index contributed by atoms with van der Waals surface area (Å²) < 4.78 is 1.93. The summed E-state index contributed by atoms with van der Waals surface area (Å²) in [6.45, 7) is 6.22. The van der Waals surface area contributed by atoms with Gasteiger partial charge in [0.2, 0.25) is 0 Å². The van der Waals surface area contributed by atoms with E-state index >= 15 is 0 Å². The largest absolute Gasteiger partial charge is 0.343 e. The molecule has 0 aliphatic rings. The molecule has 0 aliphatic carbocycles. The first-order valence-electron chi connectivity index (χ1n) is 7.60. The molecule has 1 N–H and O–H groups in total. The Morgan fingerprint density at radius 2 is 1.83 bits per heavy atom. The van der Waals surface area contributed by atoms with Crippen LogP contribution in [0, 0.1) is 20.8 Å². The molecule has 0 aliphatic heterocycles. The molecule has 1 aromatic carbocycles. The third kappa shape index (κ3) is 2.95. The van der Waals surface area contributed by atoms with Gasteiger partial charge in [-0.1, -0.05) is 18.2 Å². The second kappa shape index (κ2) is 5.83. The van der Waals surface area contributed by atoms with E-state index < -0.39 is 0 Å². The maximum Gasteiger partial charge on any atom is 0.268 e. The van der Waals surface area contributed by atoms with Gasteiger partial charge >= 0.3 is 0 Å². The molecule has 2 aromatic heterocycles. The van der Waals surface area contributed by atoms with E-state index in [0.717, 1.165) is 27.9 Å². The van der Waals surface area contributed by atoms with E-state index in [4.69, 9.17) is 0 Å². The van der Waals surface area contributed by atoms with Crippen LogP contribution in [-0.4, -0.2) is 20.4 Å². The number of fused-ring (bicyclic) bond motifs is 1. The summed E-state index contributed by atoms with van der Waals surface area (Å²) in [6.07, 6.45) is 0. The lowest BCUT2D eigenvalue weighted by Crippen LogP contribution is -2.26. The Hall–Kier alpha value is -2.69. The molecule has 23 heavy (non-hydrogen) atoms. The van der Waals surface area contributed by atoms with Crippen molar-refractivity contribution < 1.29 is 4.79 Å². The first-order valence-corrected chi connectivity index (χ1v) is 7.60. The van der Waals surface area contributed by atoms with Gasteiger partial charge in [0.15, 0.2) is 0 Å². The van der Waals surface area contributed by atoms with Crippen molar-refractivity contribution in [2.75, 3.05) is 0 Å². The van der Waals surface area contributed by atoms with E-state index in [1.165, 1.54) is 0 Å². The number of carbonyl (C=O) groups is 1. The van der Waals surface area contributed by atoms with Crippen LogP contribution in [0.1, 0.15) is 33.3 Å². The van der Waals surface area contributed by atoms with E-state index in [2.05, 4.69) is 15.3 Å². The fraction of sp³-hybridized carbons (Fsp3) is 0.278. The standard InChI is InChI=1S/C18H20N4O/c1-11-6-5-7-14-9-15(22(4)17(11)14)18(23)19-10-16-20-12(2)8-13(3)21-16/h5-9H,10H2,1-4H3,(H,19,23). The summed E-state index contributed by atoms with van der Waals surface area (Å²) in [4.78, 5) is 21.2. The zero-order valence-corrected chi connectivity index (χ0v) is 13.8. The predicted octanol–water partition coefficient (Wildman–Crippen LogP) is 2.82. The number of hydrogen-bond acceptors (Lipinski definition) is 3. The first kappa shape index (κ1) is 15.2. The Bertz CT molecular complexity index is 875. The van der Waals surface area contributed by atoms with E-state index in [-0.39, 0.29) is 5.91 Å². The molecule has 0 atom stereocenters. The number of carbonyl (C=O) groups excluding carboxylic acids is 1. The van der Waals surface area contributed by atoms with Crippen LogP contribution < -0.4 is 5.32 Å². The number of aryl methyl sites for hydroxylation is 4. The monoisotopic (exact) mass is 308 g/mol. The van der Waals surface area contributed by atoms with Crippen LogP contribution in [-0.2, 0) is 13.6 Å². The molecule has 0 saturated heterocycles. The number of para-hydroxylation sites is 1. The summed E-state index contributed by atoms with van der Waals surface area (Å²) in [7, 11) is 1.91. The molecule has 0 bridgehead atoms. The lowest BCUT2D eigenvalue weighted by molar-refractivity contribution is 0.0942. The van der Waals surface area contributed by atoms with Crippen LogP contribution >= 0.6 is 0 Å². The van der Waals surface area contributed by atoms with E-state index in [0.29, 0.717) is 18.1 Å². The minimum atomic E-state index is -0.120. The summed E-state index contributed by atoms with van der Waals surface area (Å²) in [5, 5.41) is 3.98. The van der Waals surface area contributed by atoms with Crippen molar-refractivity contribution >= 4 is 16.8 Å². The third-order valence-electron chi connectivity index (χ3n) is 3.93. The second-order valence-corrected chi connectivity index (χ2v) is 5.85. The van der Waals surface area contributed by atoms with Crippen LogP contribution in [0.25, 0.3) is 10.9 Å². The van der Waals surface area contributed by atoms with Crippen molar-refractivity contribution in [3.63, 3.8) is 0 Å². The van der Waals surface area contributed by atoms with Crippen LogP contribution in [0.4, 0.5) is 0 Å². The topological polar surface area (TPSA) is 59.8 Å². The van der Waals surface area contributed by atoms with Crippen LogP contribution in [0.2, 0.25) is 0 Å². The zero-order valence-electron chi connectivity index (χ0n) is 13.8. The Morgan fingerprint density at radius 3 is 2.48 bits per heavy atom. The Kier molecular flexibility index (Phi) is 3.86. The third-order valence-corrected chi connectivity index (χ3v) is 3.93. The molecule has 3 aromatic rings. The molecule has 3 rings (SSSR count). The fourth-order valence-corrected chi connectivity index (χ4v) is 2.97.